The van der Waals surface area contributed by atoms with E-state index < -0.39 is 0 Å². The van der Waals surface area contributed by atoms with Crippen molar-refractivity contribution in [1.29, 1.82) is 0 Å². The van der Waals surface area contributed by atoms with Crippen molar-refractivity contribution >= 4 is 22.2 Å². The molecule has 0 unspecified atom stereocenters. The molecule has 0 aliphatic carbocycles. The molecule has 0 bridgehead atoms. The second kappa shape index (κ2) is 8.94. The molecule has 0 atom stereocenters. The number of thiazole rings is 1. The summed E-state index contributed by atoms with van der Waals surface area (Å²) < 4.78 is 3.42. The summed E-state index contributed by atoms with van der Waals surface area (Å²) in [5.41, 5.74) is 6.32. The van der Waals surface area contributed by atoms with Crippen LogP contribution in [0.5, 0.6) is 0 Å². The van der Waals surface area contributed by atoms with Crippen molar-refractivity contribution in [3.05, 3.63) is 68.2 Å². The fraction of sp³-hybridized carbons (Fsp3) is 0.360. The monoisotopic (exact) mass is 463 g/mol. The molecule has 4 aromatic rings. The molecule has 1 aromatic carbocycles. The minimum atomic E-state index is -0.198. The Morgan fingerprint density at radius 1 is 1.15 bits per heavy atom. The zero-order valence-corrected chi connectivity index (χ0v) is 20.7. The molecule has 0 fully saturated rings. The van der Waals surface area contributed by atoms with Crippen LogP contribution in [0.2, 0.25) is 0 Å². The number of nitrogens with one attached hydrogen (secondary N) is 1. The predicted octanol–water partition coefficient (Wildman–Crippen LogP) is 4.16. The quantitative estimate of drug-likeness (QED) is 0.466. The first-order valence-electron chi connectivity index (χ1n) is 11.1. The number of amides is 1. The van der Waals surface area contributed by atoms with Gasteiger partial charge in [0.25, 0.3) is 5.56 Å². The molecule has 172 valence electrons. The van der Waals surface area contributed by atoms with E-state index in [1.54, 1.807) is 4.40 Å². The number of hydrogen-bond donors (Lipinski definition) is 1. The van der Waals surface area contributed by atoms with Gasteiger partial charge in [0.05, 0.1) is 23.4 Å². The SMILES string of the molecule is Cc1ccc(-n2nc(-c3c(C)nc4scc(CC(=O)NCC(C)C)n4c3=O)cc2C)c(C)c1. The molecule has 0 saturated carbocycles. The van der Waals surface area contributed by atoms with Gasteiger partial charge in [-0.05, 0) is 51.3 Å². The first kappa shape index (κ1) is 22.9. The predicted molar refractivity (Wildman–Crippen MR) is 132 cm³/mol. The van der Waals surface area contributed by atoms with Crippen LogP contribution in [0.1, 0.15) is 42.1 Å². The van der Waals surface area contributed by atoms with Crippen molar-refractivity contribution in [2.75, 3.05) is 6.54 Å². The minimum Gasteiger partial charge on any atom is -0.356 e. The van der Waals surface area contributed by atoms with E-state index in [2.05, 4.69) is 36.3 Å². The van der Waals surface area contributed by atoms with Gasteiger partial charge in [-0.2, -0.15) is 5.10 Å². The van der Waals surface area contributed by atoms with Gasteiger partial charge < -0.3 is 5.32 Å². The summed E-state index contributed by atoms with van der Waals surface area (Å²) in [6.45, 7) is 12.6. The van der Waals surface area contributed by atoms with Gasteiger partial charge in [-0.15, -0.1) is 11.3 Å². The first-order chi connectivity index (χ1) is 15.7. The summed E-state index contributed by atoms with van der Waals surface area (Å²) in [5.74, 6) is 0.259. The van der Waals surface area contributed by atoms with Crippen molar-refractivity contribution in [2.45, 2.75) is 48.0 Å². The third kappa shape index (κ3) is 4.48. The number of aryl methyl sites for hydroxylation is 4. The molecule has 33 heavy (non-hydrogen) atoms. The van der Waals surface area contributed by atoms with E-state index in [0.29, 0.717) is 40.1 Å². The van der Waals surface area contributed by atoms with E-state index in [0.717, 1.165) is 16.9 Å². The highest BCUT2D eigenvalue weighted by Crippen LogP contribution is 2.25. The average molecular weight is 464 g/mol. The van der Waals surface area contributed by atoms with Crippen molar-refractivity contribution in [1.82, 2.24) is 24.5 Å². The van der Waals surface area contributed by atoms with Crippen molar-refractivity contribution in [3.63, 3.8) is 0 Å². The van der Waals surface area contributed by atoms with Gasteiger partial charge in [-0.1, -0.05) is 31.5 Å². The zero-order valence-electron chi connectivity index (χ0n) is 19.9. The Morgan fingerprint density at radius 3 is 2.61 bits per heavy atom. The largest absolute Gasteiger partial charge is 0.356 e. The van der Waals surface area contributed by atoms with E-state index in [1.165, 1.54) is 16.9 Å². The second-order valence-corrected chi connectivity index (χ2v) is 9.81. The average Bonchev–Trinajstić information content (AvgIpc) is 3.30. The van der Waals surface area contributed by atoms with Crippen molar-refractivity contribution in [3.8, 4) is 16.9 Å². The van der Waals surface area contributed by atoms with Gasteiger partial charge in [0.15, 0.2) is 4.96 Å². The first-order valence-corrected chi connectivity index (χ1v) is 11.9. The number of hydrogen-bond acceptors (Lipinski definition) is 5. The second-order valence-electron chi connectivity index (χ2n) is 8.97. The van der Waals surface area contributed by atoms with Crippen LogP contribution in [-0.2, 0) is 11.2 Å². The highest BCUT2D eigenvalue weighted by molar-refractivity contribution is 7.15. The molecule has 3 aromatic heterocycles. The third-order valence-corrected chi connectivity index (χ3v) is 6.47. The molecule has 0 spiro atoms. The number of benzene rings is 1. The van der Waals surface area contributed by atoms with Gasteiger partial charge >= 0.3 is 0 Å². The molecule has 7 nitrogen and oxygen atoms in total. The number of aromatic nitrogens is 4. The molecule has 1 amide bonds. The molecule has 0 saturated heterocycles. The van der Waals surface area contributed by atoms with E-state index in [4.69, 9.17) is 5.10 Å². The molecule has 0 radical (unpaired) electrons. The molecule has 0 aliphatic heterocycles. The molecule has 0 aliphatic rings. The van der Waals surface area contributed by atoms with Crippen LogP contribution < -0.4 is 10.9 Å². The van der Waals surface area contributed by atoms with Gasteiger partial charge in [0.2, 0.25) is 5.91 Å². The highest BCUT2D eigenvalue weighted by atomic mass is 32.1. The third-order valence-electron chi connectivity index (χ3n) is 5.59. The zero-order chi connectivity index (χ0) is 23.9. The number of carbonyl (C=O) groups is 1. The summed E-state index contributed by atoms with van der Waals surface area (Å²) >= 11 is 1.37. The molecule has 3 heterocycles. The Bertz CT molecular complexity index is 1410. The van der Waals surface area contributed by atoms with Crippen molar-refractivity contribution < 1.29 is 4.79 Å². The minimum absolute atomic E-state index is 0.104. The molecular weight excluding hydrogens is 434 g/mol. The van der Waals surface area contributed by atoms with Crippen molar-refractivity contribution in [2.24, 2.45) is 5.92 Å². The van der Waals surface area contributed by atoms with Crippen LogP contribution in [0.15, 0.2) is 34.4 Å². The summed E-state index contributed by atoms with van der Waals surface area (Å²) in [5, 5.41) is 9.53. The maximum Gasteiger partial charge on any atom is 0.268 e. The highest BCUT2D eigenvalue weighted by Gasteiger charge is 2.20. The number of fused-ring (bicyclic) bond motifs is 1. The number of nitrogens with zero attached hydrogens (tertiary/aromatic N) is 4. The topological polar surface area (TPSA) is 81.3 Å². The maximum absolute atomic E-state index is 13.6. The molecule has 4 rings (SSSR count). The summed E-state index contributed by atoms with van der Waals surface area (Å²) in [6.07, 6.45) is 0.132. The van der Waals surface area contributed by atoms with Crippen LogP contribution in [0.25, 0.3) is 21.9 Å². The summed E-state index contributed by atoms with van der Waals surface area (Å²) in [7, 11) is 0. The lowest BCUT2D eigenvalue weighted by Gasteiger charge is -2.09. The molecule has 1 N–H and O–H groups in total. The van der Waals surface area contributed by atoms with Crippen LogP contribution in [0, 0.1) is 33.6 Å². The fourth-order valence-electron chi connectivity index (χ4n) is 3.95. The summed E-state index contributed by atoms with van der Waals surface area (Å²) in [6, 6.07) is 8.13. The van der Waals surface area contributed by atoms with E-state index >= 15 is 0 Å². The fourth-order valence-corrected chi connectivity index (χ4v) is 4.88. The van der Waals surface area contributed by atoms with Gasteiger partial charge in [-0.3, -0.25) is 14.0 Å². The number of rotatable bonds is 6. The maximum atomic E-state index is 13.6. The number of carbonyl (C=O) groups excluding carboxylic acids is 1. The summed E-state index contributed by atoms with van der Waals surface area (Å²) in [4.78, 5) is 31.2. The Morgan fingerprint density at radius 2 is 1.91 bits per heavy atom. The lowest BCUT2D eigenvalue weighted by Crippen LogP contribution is -2.30. The Labute approximate surface area is 197 Å². The molecule has 8 heteroatoms. The van der Waals surface area contributed by atoms with Gasteiger partial charge in [0.1, 0.15) is 5.69 Å². The van der Waals surface area contributed by atoms with Crippen LogP contribution in [0.3, 0.4) is 0 Å². The van der Waals surface area contributed by atoms with Gasteiger partial charge in [-0.25, -0.2) is 9.67 Å². The van der Waals surface area contributed by atoms with E-state index in [-0.39, 0.29) is 17.9 Å². The van der Waals surface area contributed by atoms with E-state index in [9.17, 15) is 9.59 Å². The molecular formula is C25H29N5O2S. The van der Waals surface area contributed by atoms with E-state index in [1.807, 2.05) is 49.9 Å². The Balaban J connectivity index is 1.77. The van der Waals surface area contributed by atoms with Crippen LogP contribution in [-0.4, -0.2) is 31.6 Å². The Kier molecular flexibility index (Phi) is 6.21. The van der Waals surface area contributed by atoms with Crippen LogP contribution >= 0.6 is 11.3 Å². The Hall–Kier alpha value is -3.26. The van der Waals surface area contributed by atoms with Crippen LogP contribution in [0.4, 0.5) is 0 Å². The van der Waals surface area contributed by atoms with Gasteiger partial charge in [0, 0.05) is 23.3 Å². The lowest BCUT2D eigenvalue weighted by atomic mass is 10.1. The normalized spacial score (nSPS) is 11.5. The lowest BCUT2D eigenvalue weighted by molar-refractivity contribution is -0.120. The standard InChI is InChI=1S/C25H29N5O2S/c1-14(2)12-26-22(31)11-19-13-33-25-27-18(6)23(24(32)29(19)25)20-10-17(5)30(28-20)21-8-7-15(3)9-16(21)4/h7-10,13-14H,11-12H2,1-6H3,(H,26,31). The smallest absolute Gasteiger partial charge is 0.268 e.